The van der Waals surface area contributed by atoms with Gasteiger partial charge in [0.1, 0.15) is 0 Å². The zero-order chi connectivity index (χ0) is 20.2. The van der Waals surface area contributed by atoms with E-state index in [1.54, 1.807) is 12.1 Å². The Morgan fingerprint density at radius 3 is 1.61 bits per heavy atom. The molecule has 28 heavy (non-hydrogen) atoms. The number of benzene rings is 1. The summed E-state index contributed by atoms with van der Waals surface area (Å²) in [6.45, 7) is 5.09. The predicted octanol–water partition coefficient (Wildman–Crippen LogP) is 7.01. The molecule has 0 aromatic heterocycles. The molecule has 2 rings (SSSR count). The third-order valence-electron chi connectivity index (χ3n) is 6.05. The van der Waals surface area contributed by atoms with E-state index < -0.39 is 0 Å². The molecule has 1 aromatic rings. The standard InChI is InChI=1S/C25H39NO2/c1-3-5-7-9-15-21(16-10-8-6-4-2)17-13-14-20-26-24(27)22-18-11-12-19-23(22)25(26)28/h11-12,18-19,21H,3-10,13-17,20H2,1-2H3. The van der Waals surface area contributed by atoms with E-state index in [1.807, 2.05) is 12.1 Å². The minimum atomic E-state index is -0.115. The first-order valence-electron chi connectivity index (χ1n) is 11.6. The Morgan fingerprint density at radius 2 is 1.14 bits per heavy atom. The molecule has 3 nitrogen and oxygen atoms in total. The van der Waals surface area contributed by atoms with Crippen molar-refractivity contribution in [2.24, 2.45) is 5.92 Å². The molecule has 0 saturated heterocycles. The molecule has 1 aromatic carbocycles. The van der Waals surface area contributed by atoms with Crippen molar-refractivity contribution in [3.05, 3.63) is 35.4 Å². The zero-order valence-corrected chi connectivity index (χ0v) is 18.0. The van der Waals surface area contributed by atoms with Crippen LogP contribution in [-0.4, -0.2) is 23.3 Å². The number of imide groups is 1. The highest BCUT2D eigenvalue weighted by Crippen LogP contribution is 2.25. The van der Waals surface area contributed by atoms with Crippen LogP contribution < -0.4 is 0 Å². The summed E-state index contributed by atoms with van der Waals surface area (Å²) in [6.07, 6.45) is 16.7. The number of unbranched alkanes of at least 4 members (excludes halogenated alkanes) is 7. The lowest BCUT2D eigenvalue weighted by Gasteiger charge is -2.18. The van der Waals surface area contributed by atoms with Crippen LogP contribution in [0, 0.1) is 5.92 Å². The summed E-state index contributed by atoms with van der Waals surface area (Å²) in [4.78, 5) is 26.3. The van der Waals surface area contributed by atoms with E-state index in [1.165, 1.54) is 75.5 Å². The quantitative estimate of drug-likeness (QED) is 0.240. The number of hydrogen-bond donors (Lipinski definition) is 0. The third kappa shape index (κ3) is 6.76. The average Bonchev–Trinajstić information content (AvgIpc) is 2.96. The molecule has 1 aliphatic rings. The van der Waals surface area contributed by atoms with Crippen LogP contribution in [0.4, 0.5) is 0 Å². The minimum Gasteiger partial charge on any atom is -0.274 e. The molecule has 0 atom stereocenters. The van der Waals surface area contributed by atoms with Crippen LogP contribution in [0.25, 0.3) is 0 Å². The van der Waals surface area contributed by atoms with Gasteiger partial charge >= 0.3 is 0 Å². The van der Waals surface area contributed by atoms with Gasteiger partial charge in [0, 0.05) is 6.54 Å². The Morgan fingerprint density at radius 1 is 0.679 bits per heavy atom. The first-order chi connectivity index (χ1) is 13.7. The van der Waals surface area contributed by atoms with Gasteiger partial charge in [0.2, 0.25) is 0 Å². The van der Waals surface area contributed by atoms with E-state index in [4.69, 9.17) is 0 Å². The smallest absolute Gasteiger partial charge is 0.261 e. The molecule has 1 aliphatic heterocycles. The lowest BCUT2D eigenvalue weighted by atomic mass is 9.90. The Hall–Kier alpha value is -1.64. The van der Waals surface area contributed by atoms with Gasteiger partial charge < -0.3 is 0 Å². The molecule has 0 bridgehead atoms. The molecule has 0 spiro atoms. The van der Waals surface area contributed by atoms with Gasteiger partial charge in [0.05, 0.1) is 11.1 Å². The molecule has 156 valence electrons. The van der Waals surface area contributed by atoms with Crippen LogP contribution in [-0.2, 0) is 0 Å². The van der Waals surface area contributed by atoms with E-state index in [-0.39, 0.29) is 11.8 Å². The average molecular weight is 386 g/mol. The molecular weight excluding hydrogens is 346 g/mol. The Kier molecular flexibility index (Phi) is 10.3. The monoisotopic (exact) mass is 385 g/mol. The summed E-state index contributed by atoms with van der Waals surface area (Å²) >= 11 is 0. The van der Waals surface area contributed by atoms with E-state index in [9.17, 15) is 9.59 Å². The topological polar surface area (TPSA) is 37.4 Å². The molecule has 0 fully saturated rings. The second kappa shape index (κ2) is 12.7. The second-order valence-corrected chi connectivity index (χ2v) is 8.37. The fraction of sp³-hybridized carbons (Fsp3) is 0.680. The molecule has 0 unspecified atom stereocenters. The highest BCUT2D eigenvalue weighted by atomic mass is 16.2. The second-order valence-electron chi connectivity index (χ2n) is 8.37. The first kappa shape index (κ1) is 22.6. The van der Waals surface area contributed by atoms with Gasteiger partial charge in [-0.2, -0.15) is 0 Å². The SMILES string of the molecule is CCCCCCC(CCCCCC)CCCCN1C(=O)c2ccccc2C1=O. The maximum absolute atomic E-state index is 12.4. The molecule has 0 radical (unpaired) electrons. The van der Waals surface area contributed by atoms with Crippen LogP contribution in [0.15, 0.2) is 24.3 Å². The Labute approximate surface area is 171 Å². The summed E-state index contributed by atoms with van der Waals surface area (Å²) in [5.74, 6) is 0.587. The number of carbonyl (C=O) groups excluding carboxylic acids is 2. The van der Waals surface area contributed by atoms with Gasteiger partial charge in [-0.3, -0.25) is 14.5 Å². The molecule has 0 N–H and O–H groups in total. The third-order valence-corrected chi connectivity index (χ3v) is 6.05. The molecule has 2 amide bonds. The maximum atomic E-state index is 12.4. The van der Waals surface area contributed by atoms with Crippen LogP contribution in [0.2, 0.25) is 0 Å². The Bertz CT molecular complexity index is 563. The van der Waals surface area contributed by atoms with Crippen molar-refractivity contribution in [2.45, 2.75) is 97.3 Å². The lowest BCUT2D eigenvalue weighted by molar-refractivity contribution is 0.0651. The molecule has 1 heterocycles. The molecular formula is C25H39NO2. The fourth-order valence-electron chi connectivity index (χ4n) is 4.30. The zero-order valence-electron chi connectivity index (χ0n) is 18.0. The summed E-state index contributed by atoms with van der Waals surface area (Å²) in [7, 11) is 0. The van der Waals surface area contributed by atoms with Crippen LogP contribution in [0.5, 0.6) is 0 Å². The summed E-state index contributed by atoms with van der Waals surface area (Å²) in [5, 5.41) is 0. The van der Waals surface area contributed by atoms with E-state index >= 15 is 0 Å². The van der Waals surface area contributed by atoms with Crippen molar-refractivity contribution < 1.29 is 9.59 Å². The van der Waals surface area contributed by atoms with Crippen LogP contribution in [0.3, 0.4) is 0 Å². The number of carbonyl (C=O) groups is 2. The number of rotatable bonds is 15. The number of hydrogen-bond acceptors (Lipinski definition) is 2. The fourth-order valence-corrected chi connectivity index (χ4v) is 4.30. The largest absolute Gasteiger partial charge is 0.274 e. The summed E-state index contributed by atoms with van der Waals surface area (Å²) < 4.78 is 0. The maximum Gasteiger partial charge on any atom is 0.261 e. The van der Waals surface area contributed by atoms with Crippen molar-refractivity contribution in [3.63, 3.8) is 0 Å². The Balaban J connectivity index is 1.73. The normalized spacial score (nSPS) is 13.6. The minimum absolute atomic E-state index is 0.115. The van der Waals surface area contributed by atoms with E-state index in [0.717, 1.165) is 18.8 Å². The van der Waals surface area contributed by atoms with Crippen molar-refractivity contribution >= 4 is 11.8 Å². The van der Waals surface area contributed by atoms with E-state index in [0.29, 0.717) is 17.7 Å². The van der Waals surface area contributed by atoms with Crippen molar-refractivity contribution in [1.29, 1.82) is 0 Å². The van der Waals surface area contributed by atoms with Crippen molar-refractivity contribution in [1.82, 2.24) is 4.90 Å². The van der Waals surface area contributed by atoms with Crippen molar-refractivity contribution in [3.8, 4) is 0 Å². The number of amides is 2. The van der Waals surface area contributed by atoms with Gasteiger partial charge in [-0.1, -0.05) is 103 Å². The molecule has 0 saturated carbocycles. The van der Waals surface area contributed by atoms with Crippen LogP contribution >= 0.6 is 0 Å². The highest BCUT2D eigenvalue weighted by molar-refractivity contribution is 6.21. The van der Waals surface area contributed by atoms with Crippen molar-refractivity contribution in [2.75, 3.05) is 6.54 Å². The highest BCUT2D eigenvalue weighted by Gasteiger charge is 2.34. The summed E-state index contributed by atoms with van der Waals surface area (Å²) in [5.41, 5.74) is 1.13. The van der Waals surface area contributed by atoms with E-state index in [2.05, 4.69) is 13.8 Å². The summed E-state index contributed by atoms with van der Waals surface area (Å²) in [6, 6.07) is 7.18. The predicted molar refractivity (Wildman–Crippen MR) is 117 cm³/mol. The molecule has 0 aliphatic carbocycles. The van der Waals surface area contributed by atoms with Gasteiger partial charge in [0.15, 0.2) is 0 Å². The first-order valence-corrected chi connectivity index (χ1v) is 11.6. The van der Waals surface area contributed by atoms with Gasteiger partial charge in [-0.25, -0.2) is 0 Å². The van der Waals surface area contributed by atoms with Crippen LogP contribution in [0.1, 0.15) is 118 Å². The molecule has 3 heteroatoms. The number of fused-ring (bicyclic) bond motifs is 1. The lowest BCUT2D eigenvalue weighted by Crippen LogP contribution is -2.30. The van der Waals surface area contributed by atoms with Gasteiger partial charge in [0.25, 0.3) is 11.8 Å². The van der Waals surface area contributed by atoms with Gasteiger partial charge in [-0.05, 0) is 24.5 Å². The number of nitrogens with zero attached hydrogens (tertiary/aromatic N) is 1. The van der Waals surface area contributed by atoms with Gasteiger partial charge in [-0.15, -0.1) is 0 Å².